The van der Waals surface area contributed by atoms with Crippen LogP contribution in [0.1, 0.15) is 26.2 Å². The molecule has 3 aliphatic rings. The summed E-state index contributed by atoms with van der Waals surface area (Å²) in [6, 6.07) is 11.1. The summed E-state index contributed by atoms with van der Waals surface area (Å²) in [5.41, 5.74) is 1.65. The second kappa shape index (κ2) is 11.6. The molecule has 5 nitrogen and oxygen atoms in total. The van der Waals surface area contributed by atoms with E-state index in [0.29, 0.717) is 17.4 Å². The van der Waals surface area contributed by atoms with Crippen molar-refractivity contribution in [2.24, 2.45) is 11.3 Å². The zero-order valence-corrected chi connectivity index (χ0v) is 19.6. The Morgan fingerprint density at radius 1 is 1.10 bits per heavy atom. The van der Waals surface area contributed by atoms with Gasteiger partial charge in [0.05, 0.1) is 0 Å². The quantitative estimate of drug-likeness (QED) is 0.702. The number of halogens is 3. The van der Waals surface area contributed by atoms with Crippen LogP contribution in [0.4, 0.5) is 5.69 Å². The molecule has 0 radical (unpaired) electrons. The van der Waals surface area contributed by atoms with Gasteiger partial charge in [0, 0.05) is 50.4 Å². The van der Waals surface area contributed by atoms with Crippen LogP contribution in [0.5, 0.6) is 0 Å². The van der Waals surface area contributed by atoms with Crippen LogP contribution in [0.15, 0.2) is 30.3 Å². The summed E-state index contributed by atoms with van der Waals surface area (Å²) < 4.78 is 0. The van der Waals surface area contributed by atoms with Crippen molar-refractivity contribution in [3.05, 3.63) is 30.3 Å². The minimum absolute atomic E-state index is 0. The van der Waals surface area contributed by atoms with Crippen molar-refractivity contribution in [2.75, 3.05) is 50.7 Å². The molecule has 1 saturated carbocycles. The third kappa shape index (κ3) is 6.14. The number of carbonyl (C=O) groups excluding carboxylic acids is 1. The van der Waals surface area contributed by atoms with E-state index >= 15 is 0 Å². The zero-order chi connectivity index (χ0) is 18.0. The average molecular weight is 466 g/mol. The third-order valence-corrected chi connectivity index (χ3v) is 6.74. The van der Waals surface area contributed by atoms with Crippen LogP contribution in [0.3, 0.4) is 0 Å². The van der Waals surface area contributed by atoms with Crippen molar-refractivity contribution in [3.63, 3.8) is 0 Å². The molecule has 166 valence electrons. The Bertz CT molecular complexity index is 620. The summed E-state index contributed by atoms with van der Waals surface area (Å²) >= 11 is 0. The van der Waals surface area contributed by atoms with Crippen molar-refractivity contribution in [1.29, 1.82) is 0 Å². The van der Waals surface area contributed by atoms with E-state index in [9.17, 15) is 4.79 Å². The molecule has 2 N–H and O–H groups in total. The number of nitrogens with one attached hydrogen (secondary N) is 2. The third-order valence-electron chi connectivity index (χ3n) is 6.74. The first-order chi connectivity index (χ1) is 12.7. The highest BCUT2D eigenvalue weighted by Gasteiger charge is 2.57. The Balaban J connectivity index is 0.00000140. The molecule has 2 aliphatic heterocycles. The van der Waals surface area contributed by atoms with Gasteiger partial charge in [-0.3, -0.25) is 9.69 Å². The number of hydrogen-bond acceptors (Lipinski definition) is 4. The number of nitrogens with zero attached hydrogens (tertiary/aromatic N) is 2. The first kappa shape index (κ1) is 26.3. The molecule has 2 saturated heterocycles. The molecule has 1 aromatic carbocycles. The number of piperidine rings is 1. The van der Waals surface area contributed by atoms with Crippen molar-refractivity contribution in [1.82, 2.24) is 15.5 Å². The molecule has 1 aliphatic carbocycles. The van der Waals surface area contributed by atoms with Crippen LogP contribution in [0.25, 0.3) is 0 Å². The highest BCUT2D eigenvalue weighted by Crippen LogP contribution is 2.58. The summed E-state index contributed by atoms with van der Waals surface area (Å²) in [4.78, 5) is 17.5. The summed E-state index contributed by atoms with van der Waals surface area (Å²) in [7, 11) is 0. The number of hydrogen-bond donors (Lipinski definition) is 2. The van der Waals surface area contributed by atoms with Gasteiger partial charge in [-0.15, -0.1) is 37.2 Å². The van der Waals surface area contributed by atoms with Crippen molar-refractivity contribution < 1.29 is 4.79 Å². The fourth-order valence-corrected chi connectivity index (χ4v) is 4.76. The van der Waals surface area contributed by atoms with E-state index in [1.165, 1.54) is 18.5 Å². The lowest BCUT2D eigenvalue weighted by molar-refractivity contribution is -0.123. The summed E-state index contributed by atoms with van der Waals surface area (Å²) in [5.74, 6) is 0.563. The Morgan fingerprint density at radius 2 is 1.72 bits per heavy atom. The van der Waals surface area contributed by atoms with Crippen LogP contribution in [-0.2, 0) is 4.79 Å². The monoisotopic (exact) mass is 464 g/mol. The minimum atomic E-state index is 0. The number of piperazine rings is 1. The molecule has 8 heteroatoms. The number of amides is 1. The fraction of sp³-hybridized carbons (Fsp3) is 0.667. The second-order valence-electron chi connectivity index (χ2n) is 8.32. The van der Waals surface area contributed by atoms with E-state index in [2.05, 4.69) is 57.7 Å². The summed E-state index contributed by atoms with van der Waals surface area (Å²) in [6.45, 7) is 9.40. The molecule has 0 aromatic heterocycles. The molecule has 29 heavy (non-hydrogen) atoms. The van der Waals surface area contributed by atoms with Crippen LogP contribution < -0.4 is 15.5 Å². The smallest absolute Gasteiger partial charge is 0.223 e. The molecule has 0 bridgehead atoms. The highest BCUT2D eigenvalue weighted by atomic mass is 35.5. The standard InChI is InChI=1S/C21H32N4O.3ClH/c1-17(16-23-20(26)19-15-21(19)7-9-22-10-8-21)24-11-13-25(14-12-24)18-5-3-2-4-6-18;;;/h2-6,17,19,22H,7-16H2,1H3,(H,23,26);3*1H. The van der Waals surface area contributed by atoms with Gasteiger partial charge in [-0.1, -0.05) is 18.2 Å². The first-order valence-electron chi connectivity index (χ1n) is 10.2. The van der Waals surface area contributed by atoms with E-state index in [0.717, 1.165) is 52.2 Å². The van der Waals surface area contributed by atoms with E-state index in [1.54, 1.807) is 0 Å². The van der Waals surface area contributed by atoms with Crippen LogP contribution >= 0.6 is 37.2 Å². The van der Waals surface area contributed by atoms with Gasteiger partial charge in [0.15, 0.2) is 0 Å². The number of rotatable bonds is 5. The Hall–Kier alpha value is -0.720. The van der Waals surface area contributed by atoms with Crippen LogP contribution in [0, 0.1) is 11.3 Å². The molecule has 2 atom stereocenters. The highest BCUT2D eigenvalue weighted by molar-refractivity contribution is 5.86. The zero-order valence-electron chi connectivity index (χ0n) is 17.1. The molecule has 1 spiro atoms. The average Bonchev–Trinajstić information content (AvgIpc) is 3.40. The molecular formula is C21H35Cl3N4O. The van der Waals surface area contributed by atoms with E-state index in [4.69, 9.17) is 0 Å². The molecule has 2 unspecified atom stereocenters. The van der Waals surface area contributed by atoms with Gasteiger partial charge in [0.2, 0.25) is 5.91 Å². The second-order valence-corrected chi connectivity index (χ2v) is 8.32. The van der Waals surface area contributed by atoms with Gasteiger partial charge in [0.1, 0.15) is 0 Å². The van der Waals surface area contributed by atoms with Gasteiger partial charge < -0.3 is 15.5 Å². The number of benzene rings is 1. The SMILES string of the molecule is CC(CNC(=O)C1CC12CCNCC2)N1CCN(c2ccccc2)CC1.Cl.Cl.Cl. The van der Waals surface area contributed by atoms with Crippen molar-refractivity contribution in [3.8, 4) is 0 Å². The minimum Gasteiger partial charge on any atom is -0.369 e. The topological polar surface area (TPSA) is 47.6 Å². The number of carbonyl (C=O) groups is 1. The lowest BCUT2D eigenvalue weighted by atomic mass is 9.92. The first-order valence-corrected chi connectivity index (χ1v) is 10.2. The van der Waals surface area contributed by atoms with Gasteiger partial charge >= 0.3 is 0 Å². The maximum absolute atomic E-state index is 12.5. The van der Waals surface area contributed by atoms with Crippen molar-refractivity contribution in [2.45, 2.75) is 32.2 Å². The molecular weight excluding hydrogens is 431 g/mol. The van der Waals surface area contributed by atoms with Gasteiger partial charge in [0.25, 0.3) is 0 Å². The van der Waals surface area contributed by atoms with Crippen LogP contribution in [-0.4, -0.2) is 62.7 Å². The summed E-state index contributed by atoms with van der Waals surface area (Å²) in [6.07, 6.45) is 3.44. The van der Waals surface area contributed by atoms with Gasteiger partial charge in [-0.05, 0) is 56.8 Å². The Morgan fingerprint density at radius 3 is 2.34 bits per heavy atom. The Labute approximate surface area is 193 Å². The lowest BCUT2D eigenvalue weighted by Crippen LogP contribution is -2.52. The Kier molecular flexibility index (Phi) is 10.5. The maximum atomic E-state index is 12.5. The normalized spacial score (nSPS) is 23.8. The number of para-hydroxylation sites is 1. The predicted molar refractivity (Wildman–Crippen MR) is 127 cm³/mol. The molecule has 3 fully saturated rings. The molecule has 4 rings (SSSR count). The van der Waals surface area contributed by atoms with E-state index in [1.807, 2.05) is 0 Å². The molecule has 1 aromatic rings. The van der Waals surface area contributed by atoms with E-state index < -0.39 is 0 Å². The van der Waals surface area contributed by atoms with E-state index in [-0.39, 0.29) is 43.1 Å². The van der Waals surface area contributed by atoms with Gasteiger partial charge in [-0.2, -0.15) is 0 Å². The molecule has 1 amide bonds. The fourth-order valence-electron chi connectivity index (χ4n) is 4.76. The maximum Gasteiger partial charge on any atom is 0.223 e. The predicted octanol–water partition coefficient (Wildman–Crippen LogP) is 2.97. The van der Waals surface area contributed by atoms with Crippen molar-refractivity contribution >= 4 is 48.8 Å². The number of anilines is 1. The lowest BCUT2D eigenvalue weighted by Gasteiger charge is -2.39. The largest absolute Gasteiger partial charge is 0.369 e. The van der Waals surface area contributed by atoms with Crippen LogP contribution in [0.2, 0.25) is 0 Å². The molecule has 2 heterocycles. The van der Waals surface area contributed by atoms with Gasteiger partial charge in [-0.25, -0.2) is 0 Å². The summed E-state index contributed by atoms with van der Waals surface area (Å²) in [5, 5.41) is 6.65.